The lowest BCUT2D eigenvalue weighted by Gasteiger charge is -2.36. The van der Waals surface area contributed by atoms with E-state index in [-0.39, 0.29) is 18.3 Å². The normalized spacial score (nSPS) is 19.8. The number of carbonyl (C=O) groups is 3. The van der Waals surface area contributed by atoms with Gasteiger partial charge in [0.25, 0.3) is 0 Å². The molecular formula is C27H29NO6S. The second kappa shape index (κ2) is 11.0. The highest BCUT2D eigenvalue weighted by Gasteiger charge is 2.41. The summed E-state index contributed by atoms with van der Waals surface area (Å²) in [5, 5.41) is 5.37. The molecule has 1 aliphatic carbocycles. The topological polar surface area (TPSA) is 90.9 Å². The Bertz CT molecular complexity index is 1160. The first-order valence-corrected chi connectivity index (χ1v) is 12.5. The van der Waals surface area contributed by atoms with Gasteiger partial charge in [-0.3, -0.25) is 4.79 Å². The smallest absolute Gasteiger partial charge is 0.337 e. The predicted octanol–water partition coefficient (Wildman–Crippen LogP) is 4.48. The maximum atomic E-state index is 13.6. The molecule has 4 rings (SSSR count). The van der Waals surface area contributed by atoms with Gasteiger partial charge in [0.1, 0.15) is 6.61 Å². The number of allylic oxidation sites excluding steroid dienone is 3. The fourth-order valence-corrected chi connectivity index (χ4v) is 5.54. The summed E-state index contributed by atoms with van der Waals surface area (Å²) in [6.07, 6.45) is 1.06. The monoisotopic (exact) mass is 495 g/mol. The molecule has 2 atom stereocenters. The fourth-order valence-electron chi connectivity index (χ4n) is 4.71. The average Bonchev–Trinajstić information content (AvgIpc) is 3.40. The van der Waals surface area contributed by atoms with Gasteiger partial charge in [0.15, 0.2) is 5.78 Å². The van der Waals surface area contributed by atoms with Crippen LogP contribution in [-0.2, 0) is 23.8 Å². The van der Waals surface area contributed by atoms with Crippen molar-refractivity contribution in [2.75, 3.05) is 26.9 Å². The van der Waals surface area contributed by atoms with Crippen molar-refractivity contribution in [2.24, 2.45) is 0 Å². The molecule has 0 bridgehead atoms. The molecule has 0 amide bonds. The van der Waals surface area contributed by atoms with Crippen molar-refractivity contribution in [2.45, 2.75) is 38.5 Å². The number of ketones is 1. The fraction of sp³-hybridized carbons (Fsp3) is 0.370. The summed E-state index contributed by atoms with van der Waals surface area (Å²) in [5.41, 5.74) is 3.62. The van der Waals surface area contributed by atoms with Gasteiger partial charge in [0.2, 0.25) is 0 Å². The van der Waals surface area contributed by atoms with Crippen molar-refractivity contribution >= 4 is 29.1 Å². The number of nitrogens with one attached hydrogen (secondary N) is 1. The Labute approximate surface area is 208 Å². The maximum Gasteiger partial charge on any atom is 0.337 e. The van der Waals surface area contributed by atoms with E-state index in [9.17, 15) is 14.4 Å². The number of carbonyl (C=O) groups excluding carboxylic acids is 3. The Morgan fingerprint density at radius 2 is 1.86 bits per heavy atom. The lowest BCUT2D eigenvalue weighted by Crippen LogP contribution is -2.36. The number of dihydropyridines is 1. The Kier molecular flexibility index (Phi) is 7.83. The number of thiophene rings is 1. The van der Waals surface area contributed by atoms with Gasteiger partial charge < -0.3 is 19.5 Å². The summed E-state index contributed by atoms with van der Waals surface area (Å²) < 4.78 is 15.6. The summed E-state index contributed by atoms with van der Waals surface area (Å²) in [6, 6.07) is 10.9. The van der Waals surface area contributed by atoms with E-state index < -0.39 is 17.9 Å². The number of hydrogen-bond donors (Lipinski definition) is 1. The molecule has 2 aromatic rings. The van der Waals surface area contributed by atoms with Crippen LogP contribution < -0.4 is 5.32 Å². The molecule has 1 aliphatic heterocycles. The van der Waals surface area contributed by atoms with Crippen molar-refractivity contribution in [1.82, 2.24) is 5.32 Å². The molecule has 7 nitrogen and oxygen atoms in total. The van der Waals surface area contributed by atoms with Crippen molar-refractivity contribution in [3.8, 4) is 0 Å². The zero-order valence-corrected chi connectivity index (χ0v) is 20.9. The number of Topliss-reactive ketones (excluding diaryl/α,β-unsaturated/α-hetero) is 1. The van der Waals surface area contributed by atoms with Gasteiger partial charge in [-0.2, -0.15) is 0 Å². The van der Waals surface area contributed by atoms with Crippen LogP contribution in [0.1, 0.15) is 59.3 Å². The van der Waals surface area contributed by atoms with E-state index in [1.54, 1.807) is 35.6 Å². The highest BCUT2D eigenvalue weighted by atomic mass is 32.1. The van der Waals surface area contributed by atoms with E-state index in [1.165, 1.54) is 12.0 Å². The summed E-state index contributed by atoms with van der Waals surface area (Å²) >= 11 is 1.65. The molecule has 1 N–H and O–H groups in total. The van der Waals surface area contributed by atoms with E-state index in [0.717, 1.165) is 11.3 Å². The minimum atomic E-state index is -0.589. The van der Waals surface area contributed by atoms with Crippen LogP contribution in [0, 0.1) is 0 Å². The molecular weight excluding hydrogens is 466 g/mol. The highest BCUT2D eigenvalue weighted by Crippen LogP contribution is 2.46. The zero-order valence-electron chi connectivity index (χ0n) is 20.1. The number of esters is 2. The van der Waals surface area contributed by atoms with Gasteiger partial charge in [-0.05, 0) is 49.4 Å². The van der Waals surface area contributed by atoms with E-state index in [0.29, 0.717) is 48.5 Å². The standard InChI is InChI=1S/C27H29NO6S/c1-4-33-11-12-34-27(31)23-16(2)28-20-14-19(22-6-5-13-35-22)15-21(29)25(20)24(23)17-7-9-18(10-8-17)26(30)32-3/h5-10,13,19,24,28H,4,11-12,14-15H2,1-3H3/t19-,24+/m1/s1. The predicted molar refractivity (Wildman–Crippen MR) is 132 cm³/mol. The van der Waals surface area contributed by atoms with Gasteiger partial charge in [-0.15, -0.1) is 11.3 Å². The van der Waals surface area contributed by atoms with Crippen molar-refractivity contribution in [3.05, 3.63) is 80.3 Å². The van der Waals surface area contributed by atoms with Crippen molar-refractivity contribution in [1.29, 1.82) is 0 Å². The van der Waals surface area contributed by atoms with Crippen LogP contribution in [0.4, 0.5) is 0 Å². The van der Waals surface area contributed by atoms with Crippen LogP contribution in [0.15, 0.2) is 64.3 Å². The third kappa shape index (κ3) is 5.23. The van der Waals surface area contributed by atoms with Gasteiger partial charge in [0, 0.05) is 46.7 Å². The largest absolute Gasteiger partial charge is 0.465 e. The number of hydrogen-bond acceptors (Lipinski definition) is 8. The van der Waals surface area contributed by atoms with Crippen LogP contribution >= 0.6 is 11.3 Å². The lowest BCUT2D eigenvalue weighted by atomic mass is 9.72. The number of methoxy groups -OCH3 is 1. The molecule has 0 saturated carbocycles. The first-order valence-electron chi connectivity index (χ1n) is 11.6. The average molecular weight is 496 g/mol. The Balaban J connectivity index is 1.72. The molecule has 1 aromatic heterocycles. The molecule has 0 unspecified atom stereocenters. The second-order valence-corrected chi connectivity index (χ2v) is 9.46. The van der Waals surface area contributed by atoms with Crippen LogP contribution in [0.5, 0.6) is 0 Å². The van der Waals surface area contributed by atoms with Crippen LogP contribution in [-0.4, -0.2) is 44.7 Å². The summed E-state index contributed by atoms with van der Waals surface area (Å²) in [5.74, 6) is -1.42. The Morgan fingerprint density at radius 3 is 2.51 bits per heavy atom. The lowest BCUT2D eigenvalue weighted by molar-refractivity contribution is -0.140. The van der Waals surface area contributed by atoms with Crippen LogP contribution in [0.2, 0.25) is 0 Å². The second-order valence-electron chi connectivity index (χ2n) is 8.48. The van der Waals surface area contributed by atoms with Crippen LogP contribution in [0.25, 0.3) is 0 Å². The molecule has 35 heavy (non-hydrogen) atoms. The van der Waals surface area contributed by atoms with E-state index in [4.69, 9.17) is 14.2 Å². The van der Waals surface area contributed by atoms with Gasteiger partial charge in [0.05, 0.1) is 24.9 Å². The van der Waals surface area contributed by atoms with Crippen molar-refractivity contribution in [3.63, 3.8) is 0 Å². The summed E-state index contributed by atoms with van der Waals surface area (Å²) in [6.45, 7) is 4.66. The summed E-state index contributed by atoms with van der Waals surface area (Å²) in [4.78, 5) is 39.9. The molecule has 0 radical (unpaired) electrons. The quantitative estimate of drug-likeness (QED) is 0.427. The Morgan fingerprint density at radius 1 is 1.09 bits per heavy atom. The number of rotatable bonds is 8. The molecule has 2 aliphatic rings. The van der Waals surface area contributed by atoms with Crippen molar-refractivity contribution < 1.29 is 28.6 Å². The highest BCUT2D eigenvalue weighted by molar-refractivity contribution is 7.10. The van der Waals surface area contributed by atoms with E-state index >= 15 is 0 Å². The third-order valence-electron chi connectivity index (χ3n) is 6.32. The minimum absolute atomic E-state index is 0.00584. The molecule has 184 valence electrons. The third-order valence-corrected chi connectivity index (χ3v) is 7.36. The molecule has 8 heteroatoms. The van der Waals surface area contributed by atoms with E-state index in [1.807, 2.05) is 25.3 Å². The minimum Gasteiger partial charge on any atom is -0.465 e. The number of ether oxygens (including phenoxy) is 3. The van der Waals surface area contributed by atoms with Gasteiger partial charge in [-0.25, -0.2) is 9.59 Å². The van der Waals surface area contributed by atoms with Crippen LogP contribution in [0.3, 0.4) is 0 Å². The zero-order chi connectivity index (χ0) is 24.9. The molecule has 1 aromatic carbocycles. The molecule has 0 fully saturated rings. The Hall–Kier alpha value is -3.23. The maximum absolute atomic E-state index is 13.6. The van der Waals surface area contributed by atoms with Gasteiger partial charge in [-0.1, -0.05) is 18.2 Å². The summed E-state index contributed by atoms with van der Waals surface area (Å²) in [7, 11) is 1.33. The molecule has 0 spiro atoms. The number of benzene rings is 1. The van der Waals surface area contributed by atoms with Gasteiger partial charge >= 0.3 is 11.9 Å². The molecule has 2 heterocycles. The first-order chi connectivity index (χ1) is 16.9. The SMILES string of the molecule is CCOCCOC(=O)C1=C(C)NC2=C(C(=O)C[C@H](c3cccs3)C2)[C@H]1c1ccc(C(=O)OC)cc1. The van der Waals surface area contributed by atoms with E-state index in [2.05, 4.69) is 11.4 Å². The molecule has 0 saturated heterocycles. The first kappa shape index (κ1) is 24.9.